The average Bonchev–Trinajstić information content (AvgIpc) is 1.37. The summed E-state index contributed by atoms with van der Waals surface area (Å²) in [5.74, 6) is 0. The molecule has 0 aliphatic carbocycles. The summed E-state index contributed by atoms with van der Waals surface area (Å²) < 4.78 is 4.10. The maximum Gasteiger partial charge on any atom is 0.316 e. The van der Waals surface area contributed by atoms with Crippen LogP contribution in [0.4, 0.5) is 0 Å². The van der Waals surface area contributed by atoms with Crippen molar-refractivity contribution < 1.29 is 9.84 Å². The van der Waals surface area contributed by atoms with E-state index < -0.39 is 0 Å². The van der Waals surface area contributed by atoms with E-state index in [1.54, 1.807) is 0 Å². The van der Waals surface area contributed by atoms with Gasteiger partial charge in [0.05, 0.1) is 0 Å². The zero-order chi connectivity index (χ0) is 3.41. The first-order chi connectivity index (χ1) is 1.91. The topological polar surface area (TPSA) is 29.5 Å². The molecular formula is C2H8MgO2. The van der Waals surface area contributed by atoms with E-state index in [9.17, 15) is 0 Å². The van der Waals surface area contributed by atoms with E-state index in [0.717, 1.165) is 0 Å². The molecule has 0 unspecified atom stereocenters. The standard InChI is InChI=1S/C2H6O2.Mg.2H/c1-4-2-3;;;/h3H,2H2,1H3;;;. The molecule has 0 amide bonds. The van der Waals surface area contributed by atoms with Crippen LogP contribution >= 0.6 is 0 Å². The number of aliphatic hydroxyl groups excluding tert-OH is 1. The van der Waals surface area contributed by atoms with Gasteiger partial charge in [0.15, 0.2) is 0 Å². The molecule has 0 saturated heterocycles. The molecule has 0 rings (SSSR count). The van der Waals surface area contributed by atoms with Gasteiger partial charge in [-0.3, -0.25) is 0 Å². The second-order valence-electron chi connectivity index (χ2n) is 0.418. The van der Waals surface area contributed by atoms with E-state index in [4.69, 9.17) is 5.11 Å². The third-order valence-electron chi connectivity index (χ3n) is 0.129. The second-order valence-corrected chi connectivity index (χ2v) is 0.418. The van der Waals surface area contributed by atoms with Crippen LogP contribution in [0.1, 0.15) is 0 Å². The minimum absolute atomic E-state index is 0. The lowest BCUT2D eigenvalue weighted by Crippen LogP contribution is -1.79. The average molecular weight is 88.4 g/mol. The summed E-state index contributed by atoms with van der Waals surface area (Å²) in [5.41, 5.74) is 0. The SMILES string of the molecule is COCO.[MgH2]. The number of ether oxygens (including phenoxy) is 1. The van der Waals surface area contributed by atoms with Crippen molar-refractivity contribution in [3.8, 4) is 0 Å². The molecule has 0 bridgehead atoms. The highest BCUT2D eigenvalue weighted by Crippen LogP contribution is 1.46. The van der Waals surface area contributed by atoms with Crippen molar-refractivity contribution >= 4 is 23.1 Å². The molecule has 0 aromatic rings. The van der Waals surface area contributed by atoms with E-state index in [-0.39, 0.29) is 29.8 Å². The summed E-state index contributed by atoms with van der Waals surface area (Å²) >= 11 is 0. The van der Waals surface area contributed by atoms with Gasteiger partial charge >= 0.3 is 23.1 Å². The monoisotopic (exact) mass is 88.0 g/mol. The minimum atomic E-state index is -0.181. The molecule has 0 fully saturated rings. The molecule has 1 N–H and O–H groups in total. The van der Waals surface area contributed by atoms with Crippen LogP contribution in [0.25, 0.3) is 0 Å². The van der Waals surface area contributed by atoms with Gasteiger partial charge < -0.3 is 9.84 Å². The predicted octanol–water partition coefficient (Wildman–Crippen LogP) is -1.33. The molecule has 0 heterocycles. The molecule has 30 valence electrons. The van der Waals surface area contributed by atoms with Gasteiger partial charge in [-0.1, -0.05) is 0 Å². The number of rotatable bonds is 1. The van der Waals surface area contributed by atoms with E-state index in [2.05, 4.69) is 4.74 Å². The van der Waals surface area contributed by atoms with Crippen LogP contribution in [0.5, 0.6) is 0 Å². The van der Waals surface area contributed by atoms with E-state index in [1.165, 1.54) is 7.11 Å². The van der Waals surface area contributed by atoms with Gasteiger partial charge in [-0.05, 0) is 0 Å². The molecule has 0 aliphatic heterocycles. The molecule has 0 spiro atoms. The molecular weight excluding hydrogens is 80.3 g/mol. The van der Waals surface area contributed by atoms with Crippen LogP contribution in [-0.4, -0.2) is 42.1 Å². The van der Waals surface area contributed by atoms with Crippen molar-refractivity contribution in [1.29, 1.82) is 0 Å². The van der Waals surface area contributed by atoms with Gasteiger partial charge in [0, 0.05) is 7.11 Å². The van der Waals surface area contributed by atoms with Crippen molar-refractivity contribution in [1.82, 2.24) is 0 Å². The van der Waals surface area contributed by atoms with Crippen molar-refractivity contribution in [2.45, 2.75) is 0 Å². The van der Waals surface area contributed by atoms with Crippen LogP contribution in [0, 0.1) is 0 Å². The smallest absolute Gasteiger partial charge is 0.316 e. The van der Waals surface area contributed by atoms with Crippen molar-refractivity contribution in [3.05, 3.63) is 0 Å². The summed E-state index contributed by atoms with van der Waals surface area (Å²) in [5, 5.41) is 7.65. The molecule has 0 atom stereocenters. The highest BCUT2D eigenvalue weighted by Gasteiger charge is 1.51. The third kappa shape index (κ3) is 11.9. The van der Waals surface area contributed by atoms with Gasteiger partial charge in [0.2, 0.25) is 0 Å². The number of methoxy groups -OCH3 is 1. The maximum atomic E-state index is 7.65. The third-order valence-corrected chi connectivity index (χ3v) is 0.129. The van der Waals surface area contributed by atoms with Crippen molar-refractivity contribution in [3.63, 3.8) is 0 Å². The maximum absolute atomic E-state index is 7.65. The Labute approximate surface area is 47.3 Å². The van der Waals surface area contributed by atoms with Gasteiger partial charge in [-0.15, -0.1) is 0 Å². The lowest BCUT2D eigenvalue weighted by molar-refractivity contribution is 0.0325. The summed E-state index contributed by atoms with van der Waals surface area (Å²) in [4.78, 5) is 0. The highest BCUT2D eigenvalue weighted by atomic mass is 24.3. The fourth-order valence-corrected chi connectivity index (χ4v) is 0. The Hall–Kier alpha value is 0.686. The largest absolute Gasteiger partial charge is 0.371 e. The molecule has 2 nitrogen and oxygen atoms in total. The summed E-state index contributed by atoms with van der Waals surface area (Å²) in [7, 11) is 1.43. The Balaban J connectivity index is 0. The Morgan fingerprint density at radius 1 is 1.80 bits per heavy atom. The molecule has 0 saturated carbocycles. The van der Waals surface area contributed by atoms with Gasteiger partial charge in [0.25, 0.3) is 0 Å². The molecule has 3 heteroatoms. The Morgan fingerprint density at radius 3 is 2.00 bits per heavy atom. The Morgan fingerprint density at radius 2 is 2.00 bits per heavy atom. The molecule has 0 radical (unpaired) electrons. The predicted molar refractivity (Wildman–Crippen MR) is 22.6 cm³/mol. The van der Waals surface area contributed by atoms with Crippen molar-refractivity contribution in [2.75, 3.05) is 13.9 Å². The number of aliphatic hydroxyl groups is 1. The van der Waals surface area contributed by atoms with E-state index in [1.807, 2.05) is 0 Å². The van der Waals surface area contributed by atoms with Crippen LogP contribution < -0.4 is 0 Å². The summed E-state index contributed by atoms with van der Waals surface area (Å²) in [6.45, 7) is -0.181. The molecule has 0 aliphatic rings. The second kappa shape index (κ2) is 8.82. The van der Waals surface area contributed by atoms with Crippen LogP contribution in [0.2, 0.25) is 0 Å². The zero-order valence-electron chi connectivity index (χ0n) is 2.56. The lowest BCUT2D eigenvalue weighted by Gasteiger charge is -1.76. The van der Waals surface area contributed by atoms with E-state index >= 15 is 0 Å². The zero-order valence-corrected chi connectivity index (χ0v) is 2.56. The fourth-order valence-electron chi connectivity index (χ4n) is 0. The Bertz CT molecular complexity index is 9.61. The van der Waals surface area contributed by atoms with Gasteiger partial charge in [-0.2, -0.15) is 0 Å². The first kappa shape index (κ1) is 9.19. The van der Waals surface area contributed by atoms with Crippen LogP contribution in [-0.2, 0) is 4.74 Å². The normalized spacial score (nSPS) is 6.00. The van der Waals surface area contributed by atoms with Crippen LogP contribution in [0.15, 0.2) is 0 Å². The van der Waals surface area contributed by atoms with Gasteiger partial charge in [0.1, 0.15) is 6.79 Å². The van der Waals surface area contributed by atoms with Crippen LogP contribution in [0.3, 0.4) is 0 Å². The summed E-state index contributed by atoms with van der Waals surface area (Å²) in [6.07, 6.45) is 0. The Kier molecular flexibility index (Phi) is 16.2. The molecule has 0 aromatic carbocycles. The molecule has 5 heavy (non-hydrogen) atoms. The molecule has 0 aromatic heterocycles. The minimum Gasteiger partial charge on any atom is -0.371 e. The van der Waals surface area contributed by atoms with Gasteiger partial charge in [-0.25, -0.2) is 0 Å². The first-order valence-corrected chi connectivity index (χ1v) is 1.01. The first-order valence-electron chi connectivity index (χ1n) is 1.01. The number of hydrogen-bond acceptors (Lipinski definition) is 2. The number of hydrogen-bond donors (Lipinski definition) is 1. The highest BCUT2D eigenvalue weighted by molar-refractivity contribution is 5.75. The lowest BCUT2D eigenvalue weighted by atomic mass is 11.4. The summed E-state index contributed by atoms with van der Waals surface area (Å²) in [6, 6.07) is 0. The fraction of sp³-hybridized carbons (Fsp3) is 1.00. The van der Waals surface area contributed by atoms with E-state index in [0.29, 0.717) is 0 Å². The van der Waals surface area contributed by atoms with Crippen molar-refractivity contribution in [2.24, 2.45) is 0 Å². The quantitative estimate of drug-likeness (QED) is 0.318.